The van der Waals surface area contributed by atoms with Crippen molar-refractivity contribution in [2.24, 2.45) is 0 Å². The van der Waals surface area contributed by atoms with E-state index in [1.807, 2.05) is 0 Å². The molecule has 1 aliphatic heterocycles. The summed E-state index contributed by atoms with van der Waals surface area (Å²) in [6.07, 6.45) is 0.626. The molecule has 0 bridgehead atoms. The van der Waals surface area contributed by atoms with Crippen LogP contribution in [0.2, 0.25) is 0 Å². The second kappa shape index (κ2) is 11.8. The first-order valence-electron chi connectivity index (χ1n) is 13.6. The number of nitrogens with zero attached hydrogens (tertiary/aromatic N) is 6. The number of hydrogen-bond donors (Lipinski definition) is 4. The Kier molecular flexibility index (Phi) is 7.74. The number of anilines is 2. The van der Waals surface area contributed by atoms with Gasteiger partial charge in [0.05, 0.1) is 55.8 Å². The van der Waals surface area contributed by atoms with E-state index >= 15 is 4.39 Å². The van der Waals surface area contributed by atoms with E-state index in [1.165, 1.54) is 36.2 Å². The first kappa shape index (κ1) is 29.5. The molecule has 1 fully saturated rings. The molecule has 5 aromatic rings. The van der Waals surface area contributed by atoms with Crippen LogP contribution in [0.15, 0.2) is 65.4 Å². The number of nitrogens with one attached hydrogen (secondary N) is 1. The summed E-state index contributed by atoms with van der Waals surface area (Å²) < 4.78 is 32.6. The molecular formula is C29H27FN8O7. The summed E-state index contributed by atoms with van der Waals surface area (Å²) in [7, 11) is 1.40. The molecule has 2 atom stereocenters. The maximum Gasteiger partial charge on any atom is 0.260 e. The fraction of sp³-hybridized carbons (Fsp3) is 0.241. The van der Waals surface area contributed by atoms with Crippen molar-refractivity contribution in [3.63, 3.8) is 0 Å². The number of aliphatic hydroxyl groups is 1. The van der Waals surface area contributed by atoms with Gasteiger partial charge in [-0.25, -0.2) is 9.07 Å². The molecule has 16 heteroatoms. The van der Waals surface area contributed by atoms with Crippen molar-refractivity contribution >= 4 is 34.4 Å². The summed E-state index contributed by atoms with van der Waals surface area (Å²) in [6, 6.07) is 12.3. The summed E-state index contributed by atoms with van der Waals surface area (Å²) >= 11 is 0. The van der Waals surface area contributed by atoms with Crippen LogP contribution in [0.25, 0.3) is 16.7 Å². The molecule has 4 heterocycles. The number of phenols is 1. The number of hydrogen-bond acceptors (Lipinski definition) is 12. The summed E-state index contributed by atoms with van der Waals surface area (Å²) in [5.74, 6) is -2.51. The van der Waals surface area contributed by atoms with Crippen LogP contribution in [0.5, 0.6) is 11.6 Å². The van der Waals surface area contributed by atoms with Crippen molar-refractivity contribution in [2.75, 3.05) is 37.4 Å². The minimum absolute atomic E-state index is 0.0363. The summed E-state index contributed by atoms with van der Waals surface area (Å²) in [6.45, 7) is -0.633. The van der Waals surface area contributed by atoms with Gasteiger partial charge in [-0.1, -0.05) is 23.4 Å². The largest absolute Gasteiger partial charge is 0.507 e. The Morgan fingerprint density at radius 3 is 2.89 bits per heavy atom. The lowest BCUT2D eigenvalue weighted by atomic mass is 9.86. The number of amides is 2. The highest BCUT2D eigenvalue weighted by molar-refractivity contribution is 5.98. The van der Waals surface area contributed by atoms with Crippen LogP contribution in [0.4, 0.5) is 16.0 Å². The zero-order valence-electron chi connectivity index (χ0n) is 23.8. The summed E-state index contributed by atoms with van der Waals surface area (Å²) in [5, 5.41) is 41.0. The molecule has 3 aromatic heterocycles. The number of nitrogens with two attached hydrogens (primary N) is 1. The number of methoxy groups -OCH3 is 1. The molecule has 0 saturated carbocycles. The number of para-hydroxylation sites is 1. The van der Waals surface area contributed by atoms with Crippen molar-refractivity contribution in [2.45, 2.75) is 18.1 Å². The van der Waals surface area contributed by atoms with Gasteiger partial charge in [0.15, 0.2) is 29.1 Å². The molecule has 1 aliphatic rings. The van der Waals surface area contributed by atoms with E-state index in [-0.39, 0.29) is 48.4 Å². The Labute approximate surface area is 253 Å². The number of carbonyl (C=O) groups excluding carboxylic acids is 2. The van der Waals surface area contributed by atoms with E-state index in [9.17, 15) is 19.8 Å². The number of benzene rings is 2. The predicted molar refractivity (Wildman–Crippen MR) is 155 cm³/mol. The molecule has 0 aliphatic carbocycles. The van der Waals surface area contributed by atoms with Gasteiger partial charge >= 0.3 is 0 Å². The second-order valence-corrected chi connectivity index (χ2v) is 10.3. The highest BCUT2D eigenvalue weighted by Gasteiger charge is 2.48. The molecule has 0 radical (unpaired) electrons. The summed E-state index contributed by atoms with van der Waals surface area (Å²) in [5.41, 5.74) is 4.90. The Morgan fingerprint density at radius 1 is 1.27 bits per heavy atom. The number of carbonyl (C=O) groups is 2. The summed E-state index contributed by atoms with van der Waals surface area (Å²) in [4.78, 5) is 28.0. The smallest absolute Gasteiger partial charge is 0.260 e. The quantitative estimate of drug-likeness (QED) is 0.185. The predicted octanol–water partition coefficient (Wildman–Crippen LogP) is 1.37. The van der Waals surface area contributed by atoms with E-state index < -0.39 is 35.9 Å². The van der Waals surface area contributed by atoms with E-state index in [1.54, 1.807) is 30.3 Å². The molecule has 2 aromatic carbocycles. The third-order valence-corrected chi connectivity index (χ3v) is 7.35. The SMILES string of the molecule is COc1cc(-n2cc(F)c(N3CCO[C@H](C(O)(CNC(=O)c4ccccc4O)Cc4ccc5c(N)noc5c4)C3=O)n2)cnn1. The molecule has 5 N–H and O–H groups in total. The lowest BCUT2D eigenvalue weighted by molar-refractivity contribution is -0.157. The molecular weight excluding hydrogens is 591 g/mol. The monoisotopic (exact) mass is 618 g/mol. The number of aromatic nitrogens is 5. The number of phenolic OH excluding ortho intramolecular Hbond substituents is 1. The lowest BCUT2D eigenvalue weighted by Crippen LogP contribution is -2.63. The molecule has 1 saturated heterocycles. The third-order valence-electron chi connectivity index (χ3n) is 7.35. The second-order valence-electron chi connectivity index (χ2n) is 10.3. The molecule has 15 nitrogen and oxygen atoms in total. The standard InChI is InChI=1S/C29H27FN8O7/c1-43-23-11-17(13-33-34-23)38-14-20(30)26(35-38)37-8-9-44-24(28(37)41)29(42,15-32-27(40)18-4-2-3-5-21(18)39)12-16-6-7-19-22(10-16)45-36-25(19)31/h2-7,10-11,13-14,24,39,42H,8-9,12,15H2,1H3,(H2,31,36)(H,32,40)/t24-,29?/m0/s1. The van der Waals surface area contributed by atoms with Gasteiger partial charge in [0.1, 0.15) is 11.4 Å². The van der Waals surface area contributed by atoms with Gasteiger partial charge in [-0.05, 0) is 29.8 Å². The number of rotatable bonds is 9. The number of aromatic hydroxyl groups is 1. The van der Waals surface area contributed by atoms with E-state index in [0.717, 1.165) is 11.1 Å². The maximum atomic E-state index is 15.3. The van der Waals surface area contributed by atoms with Crippen LogP contribution >= 0.6 is 0 Å². The Balaban J connectivity index is 1.31. The molecule has 6 rings (SSSR count). The van der Waals surface area contributed by atoms with Gasteiger partial charge < -0.3 is 35.3 Å². The van der Waals surface area contributed by atoms with E-state index in [0.29, 0.717) is 22.2 Å². The van der Waals surface area contributed by atoms with E-state index in [2.05, 4.69) is 25.8 Å². The average molecular weight is 619 g/mol. The van der Waals surface area contributed by atoms with Crippen LogP contribution in [-0.2, 0) is 16.0 Å². The average Bonchev–Trinajstić information content (AvgIpc) is 3.62. The first-order valence-corrected chi connectivity index (χ1v) is 13.6. The minimum atomic E-state index is -2.07. The van der Waals surface area contributed by atoms with Crippen molar-refractivity contribution in [3.8, 4) is 17.3 Å². The molecule has 2 amide bonds. The highest BCUT2D eigenvalue weighted by atomic mass is 19.1. The van der Waals surface area contributed by atoms with Crippen LogP contribution in [0, 0.1) is 5.82 Å². The maximum absolute atomic E-state index is 15.3. The number of halogens is 1. The molecule has 1 unspecified atom stereocenters. The fourth-order valence-electron chi connectivity index (χ4n) is 5.11. The minimum Gasteiger partial charge on any atom is -0.507 e. The number of ether oxygens (including phenoxy) is 2. The van der Waals surface area contributed by atoms with Gasteiger partial charge in [0, 0.05) is 12.5 Å². The number of morpholine rings is 1. The zero-order valence-corrected chi connectivity index (χ0v) is 23.8. The fourth-order valence-corrected chi connectivity index (χ4v) is 5.11. The van der Waals surface area contributed by atoms with Crippen molar-refractivity contribution in [1.82, 2.24) is 30.5 Å². The van der Waals surface area contributed by atoms with Crippen LogP contribution in [0.1, 0.15) is 15.9 Å². The van der Waals surface area contributed by atoms with Gasteiger partial charge in [0.25, 0.3) is 11.8 Å². The number of nitrogen functional groups attached to an aromatic ring is 1. The third kappa shape index (κ3) is 5.71. The Morgan fingerprint density at radius 2 is 2.09 bits per heavy atom. The molecule has 232 valence electrons. The Hall–Kier alpha value is -5.61. The van der Waals surface area contributed by atoms with Crippen molar-refractivity contribution < 1.29 is 38.2 Å². The van der Waals surface area contributed by atoms with Crippen LogP contribution in [-0.4, -0.2) is 85.7 Å². The molecule has 0 spiro atoms. The Bertz CT molecular complexity index is 1900. The highest BCUT2D eigenvalue weighted by Crippen LogP contribution is 2.30. The normalized spacial score (nSPS) is 16.5. The first-order chi connectivity index (χ1) is 21.7. The van der Waals surface area contributed by atoms with Gasteiger partial charge in [0.2, 0.25) is 5.88 Å². The van der Waals surface area contributed by atoms with E-state index in [4.69, 9.17) is 19.7 Å². The molecule has 45 heavy (non-hydrogen) atoms. The van der Waals surface area contributed by atoms with Gasteiger partial charge in [-0.15, -0.1) is 10.2 Å². The zero-order chi connectivity index (χ0) is 31.7. The van der Waals surface area contributed by atoms with Gasteiger partial charge in [-0.2, -0.15) is 5.10 Å². The van der Waals surface area contributed by atoms with Crippen LogP contribution < -0.4 is 20.7 Å². The topological polar surface area (TPSA) is 204 Å². The lowest BCUT2D eigenvalue weighted by Gasteiger charge is -2.40. The van der Waals surface area contributed by atoms with Crippen LogP contribution in [0.3, 0.4) is 0 Å². The van der Waals surface area contributed by atoms with Crippen molar-refractivity contribution in [3.05, 3.63) is 77.9 Å². The number of fused-ring (bicyclic) bond motifs is 1. The van der Waals surface area contributed by atoms with Crippen molar-refractivity contribution in [1.29, 1.82) is 0 Å². The van der Waals surface area contributed by atoms with Gasteiger partial charge in [-0.3, -0.25) is 14.5 Å².